The number of carbonyl (C=O) groups is 3. The van der Waals surface area contributed by atoms with Gasteiger partial charge in [-0.1, -0.05) is 62.1 Å². The Hall–Kier alpha value is -3.74. The first kappa shape index (κ1) is 32.3. The molecule has 0 aliphatic carbocycles. The fourth-order valence-electron chi connectivity index (χ4n) is 3.18. The number of alkyl carbamates (subject to hydrolysis) is 1. The van der Waals surface area contributed by atoms with E-state index in [1.807, 2.05) is 36.4 Å². The van der Waals surface area contributed by atoms with Crippen LogP contribution in [-0.4, -0.2) is 55.6 Å². The molecule has 2 aromatic carbocycles. The molecule has 0 aliphatic heterocycles. The standard InChI is InChI=1S/C23H32N2O5Si.C2HF3O2/c1-29-20-11-10-17(18(21(20)24)12-13-31(2,3)4)14-19(22(26)27)25-23(28)30-15-16-8-6-5-7-9-16;3-2(4,5)1(6)7/h5-11,19H,12-15,24H2,1-4H3,(H,25,28)(H,26,27);(H,6,7)/t19-;/m1./s1. The first-order valence-corrected chi connectivity index (χ1v) is 15.2. The summed E-state index contributed by atoms with van der Waals surface area (Å²) in [5.41, 5.74) is 9.33. The van der Waals surface area contributed by atoms with Gasteiger partial charge in [0.15, 0.2) is 0 Å². The molecule has 0 aromatic heterocycles. The number of benzene rings is 2. The zero-order chi connectivity index (χ0) is 29.1. The third-order valence-corrected chi connectivity index (χ3v) is 6.98. The number of methoxy groups -OCH3 is 1. The summed E-state index contributed by atoms with van der Waals surface area (Å²) in [5, 5.41) is 19.3. The Kier molecular flexibility index (Phi) is 12.1. The molecule has 0 heterocycles. The van der Waals surface area contributed by atoms with Crippen LogP contribution in [0.5, 0.6) is 5.75 Å². The van der Waals surface area contributed by atoms with E-state index in [9.17, 15) is 27.9 Å². The third-order valence-electron chi connectivity index (χ3n) is 5.23. The Morgan fingerprint density at radius 2 is 1.63 bits per heavy atom. The molecular weight excluding hydrogens is 525 g/mol. The Morgan fingerprint density at radius 1 is 1.05 bits per heavy atom. The van der Waals surface area contributed by atoms with Crippen molar-refractivity contribution in [1.82, 2.24) is 5.32 Å². The number of ether oxygens (including phenoxy) is 2. The first-order valence-electron chi connectivity index (χ1n) is 11.5. The second kappa shape index (κ2) is 14.3. The number of hydrogen-bond acceptors (Lipinski definition) is 6. The molecule has 0 aliphatic rings. The number of aliphatic carboxylic acids is 2. The minimum atomic E-state index is -5.08. The van der Waals surface area contributed by atoms with Gasteiger partial charge in [-0.15, -0.1) is 0 Å². The van der Waals surface area contributed by atoms with Crippen LogP contribution in [0.1, 0.15) is 16.7 Å². The highest BCUT2D eigenvalue weighted by atomic mass is 28.3. The van der Waals surface area contributed by atoms with Gasteiger partial charge in [-0.25, -0.2) is 14.4 Å². The number of carboxylic acids is 2. The highest BCUT2D eigenvalue weighted by molar-refractivity contribution is 6.76. The molecule has 2 rings (SSSR count). The molecule has 0 radical (unpaired) electrons. The number of anilines is 1. The second-order valence-electron chi connectivity index (χ2n) is 9.48. The van der Waals surface area contributed by atoms with E-state index in [0.29, 0.717) is 11.4 Å². The molecule has 210 valence electrons. The van der Waals surface area contributed by atoms with Crippen molar-refractivity contribution in [3.05, 3.63) is 59.2 Å². The lowest BCUT2D eigenvalue weighted by Gasteiger charge is -2.22. The lowest BCUT2D eigenvalue weighted by atomic mass is 9.96. The van der Waals surface area contributed by atoms with Gasteiger partial charge in [0.05, 0.1) is 12.8 Å². The van der Waals surface area contributed by atoms with E-state index in [1.165, 1.54) is 0 Å². The van der Waals surface area contributed by atoms with Gasteiger partial charge in [0.1, 0.15) is 18.4 Å². The van der Waals surface area contributed by atoms with Crippen molar-refractivity contribution in [3.8, 4) is 5.75 Å². The maximum absolute atomic E-state index is 12.2. The van der Waals surface area contributed by atoms with Crippen LogP contribution in [0.25, 0.3) is 0 Å². The van der Waals surface area contributed by atoms with Crippen molar-refractivity contribution in [2.75, 3.05) is 12.8 Å². The zero-order valence-corrected chi connectivity index (χ0v) is 22.6. The molecule has 0 saturated heterocycles. The molecular formula is C25H33F3N2O7Si. The molecule has 0 bridgehead atoms. The number of halogens is 3. The van der Waals surface area contributed by atoms with E-state index in [4.69, 9.17) is 25.1 Å². The van der Waals surface area contributed by atoms with Crippen molar-refractivity contribution in [3.63, 3.8) is 0 Å². The largest absolute Gasteiger partial charge is 0.495 e. The highest BCUT2D eigenvalue weighted by Gasteiger charge is 2.38. The van der Waals surface area contributed by atoms with Crippen LogP contribution in [0.15, 0.2) is 42.5 Å². The van der Waals surface area contributed by atoms with Crippen molar-refractivity contribution >= 4 is 31.8 Å². The number of nitrogen functional groups attached to an aromatic ring is 1. The summed E-state index contributed by atoms with van der Waals surface area (Å²) in [6, 6.07) is 12.6. The summed E-state index contributed by atoms with van der Waals surface area (Å²) in [6.07, 6.45) is -5.02. The molecule has 38 heavy (non-hydrogen) atoms. The number of nitrogens with one attached hydrogen (secondary N) is 1. The van der Waals surface area contributed by atoms with E-state index >= 15 is 0 Å². The lowest BCUT2D eigenvalue weighted by molar-refractivity contribution is -0.192. The molecule has 0 unspecified atom stereocenters. The Bertz CT molecular complexity index is 1090. The lowest BCUT2D eigenvalue weighted by Crippen LogP contribution is -2.42. The van der Waals surface area contributed by atoms with Crippen molar-refractivity contribution in [2.24, 2.45) is 0 Å². The van der Waals surface area contributed by atoms with Gasteiger partial charge < -0.3 is 30.7 Å². The second-order valence-corrected chi connectivity index (χ2v) is 15.1. The summed E-state index contributed by atoms with van der Waals surface area (Å²) >= 11 is 0. The normalized spacial score (nSPS) is 12.0. The minimum absolute atomic E-state index is 0.0654. The predicted molar refractivity (Wildman–Crippen MR) is 138 cm³/mol. The zero-order valence-electron chi connectivity index (χ0n) is 21.6. The Balaban J connectivity index is 0.000000905. The van der Waals surface area contributed by atoms with E-state index in [0.717, 1.165) is 29.2 Å². The average molecular weight is 559 g/mol. The molecule has 5 N–H and O–H groups in total. The predicted octanol–water partition coefficient (Wildman–Crippen LogP) is 4.71. The summed E-state index contributed by atoms with van der Waals surface area (Å²) in [5.74, 6) is -3.33. The molecule has 0 fully saturated rings. The topological polar surface area (TPSA) is 148 Å². The van der Waals surface area contributed by atoms with Gasteiger partial charge in [0, 0.05) is 14.5 Å². The maximum atomic E-state index is 12.2. The van der Waals surface area contributed by atoms with Gasteiger partial charge in [-0.2, -0.15) is 13.2 Å². The van der Waals surface area contributed by atoms with Crippen molar-refractivity contribution in [1.29, 1.82) is 0 Å². The number of rotatable bonds is 10. The van der Waals surface area contributed by atoms with Gasteiger partial charge in [-0.3, -0.25) is 0 Å². The van der Waals surface area contributed by atoms with Crippen molar-refractivity contribution in [2.45, 2.75) is 57.4 Å². The quantitative estimate of drug-likeness (QED) is 0.242. The molecule has 13 heteroatoms. The SMILES string of the molecule is COc1ccc(C[C@@H](NC(=O)OCc2ccccc2)C(=O)O)c(CC[Si](C)(C)C)c1N.O=C(O)C(F)(F)F. The van der Waals surface area contributed by atoms with E-state index in [1.54, 1.807) is 13.2 Å². The van der Waals surface area contributed by atoms with Gasteiger partial charge in [0.25, 0.3) is 0 Å². The van der Waals surface area contributed by atoms with Gasteiger partial charge in [-0.05, 0) is 29.2 Å². The minimum Gasteiger partial charge on any atom is -0.495 e. The number of hydrogen-bond donors (Lipinski definition) is 4. The first-order chi connectivity index (χ1) is 17.5. The third kappa shape index (κ3) is 11.5. The number of alkyl halides is 3. The molecule has 1 amide bonds. The van der Waals surface area contributed by atoms with E-state index in [2.05, 4.69) is 25.0 Å². The van der Waals surface area contributed by atoms with Crippen LogP contribution in [0, 0.1) is 0 Å². The summed E-state index contributed by atoms with van der Waals surface area (Å²) in [6.45, 7) is 6.88. The van der Waals surface area contributed by atoms with E-state index < -0.39 is 38.3 Å². The van der Waals surface area contributed by atoms with E-state index in [-0.39, 0.29) is 13.0 Å². The summed E-state index contributed by atoms with van der Waals surface area (Å²) in [4.78, 5) is 32.9. The fourth-order valence-corrected chi connectivity index (χ4v) is 4.18. The fraction of sp³-hybridized carbons (Fsp3) is 0.400. The van der Waals surface area contributed by atoms with Gasteiger partial charge >= 0.3 is 24.2 Å². The number of carboxylic acid groups (broad SMARTS) is 2. The van der Waals surface area contributed by atoms with Gasteiger partial charge in [0.2, 0.25) is 0 Å². The maximum Gasteiger partial charge on any atom is 0.490 e. The van der Waals surface area contributed by atoms with Crippen LogP contribution in [-0.2, 0) is 33.8 Å². The van der Waals surface area contributed by atoms with Crippen LogP contribution < -0.4 is 15.8 Å². The molecule has 0 saturated carbocycles. The van der Waals surface area contributed by atoms with Crippen molar-refractivity contribution < 1.29 is 47.2 Å². The molecule has 1 atom stereocenters. The molecule has 2 aromatic rings. The highest BCUT2D eigenvalue weighted by Crippen LogP contribution is 2.31. The van der Waals surface area contributed by atoms with Crippen LogP contribution in [0.3, 0.4) is 0 Å². The number of nitrogens with two attached hydrogens (primary N) is 1. The molecule has 9 nitrogen and oxygen atoms in total. The van der Waals surface area contributed by atoms with Crippen LogP contribution in [0.2, 0.25) is 25.7 Å². The monoisotopic (exact) mass is 558 g/mol. The Morgan fingerprint density at radius 3 is 2.11 bits per heavy atom. The van der Waals surface area contributed by atoms with Crippen LogP contribution >= 0.6 is 0 Å². The average Bonchev–Trinajstić information content (AvgIpc) is 2.81. The number of carbonyl (C=O) groups excluding carboxylic acids is 1. The number of amides is 1. The summed E-state index contributed by atoms with van der Waals surface area (Å²) in [7, 11) is 0.207. The smallest absolute Gasteiger partial charge is 0.490 e. The summed E-state index contributed by atoms with van der Waals surface area (Å²) < 4.78 is 42.3. The Labute approximate surface area is 219 Å². The molecule has 0 spiro atoms. The van der Waals surface area contributed by atoms with Crippen LogP contribution in [0.4, 0.5) is 23.7 Å².